The van der Waals surface area contributed by atoms with Gasteiger partial charge in [0, 0.05) is 17.6 Å². The zero-order valence-corrected chi connectivity index (χ0v) is 24.6. The number of halogens is 2. The van der Waals surface area contributed by atoms with Gasteiger partial charge in [-0.1, -0.05) is 84.9 Å². The van der Waals surface area contributed by atoms with Crippen LogP contribution in [0.1, 0.15) is 44.6 Å². The van der Waals surface area contributed by atoms with Crippen LogP contribution in [0.15, 0.2) is 83.8 Å². The van der Waals surface area contributed by atoms with Gasteiger partial charge in [0.05, 0.1) is 15.6 Å². The molecular weight excluding hydrogens is 569 g/mol. The summed E-state index contributed by atoms with van der Waals surface area (Å²) in [5.41, 5.74) is 0.886. The fourth-order valence-corrected chi connectivity index (χ4v) is 6.83. The van der Waals surface area contributed by atoms with Crippen molar-refractivity contribution >= 4 is 50.7 Å². The zero-order valence-electron chi connectivity index (χ0n) is 22.3. The van der Waals surface area contributed by atoms with Crippen molar-refractivity contribution in [2.45, 2.75) is 62.6 Å². The van der Waals surface area contributed by atoms with Crippen molar-refractivity contribution in [3.05, 3.63) is 94.5 Å². The third-order valence-electron chi connectivity index (χ3n) is 7.09. The highest BCUT2D eigenvalue weighted by atomic mass is 35.5. The Labute approximate surface area is 246 Å². The van der Waals surface area contributed by atoms with Crippen molar-refractivity contribution in [1.29, 1.82) is 0 Å². The minimum Gasteiger partial charge on any atom is -0.352 e. The number of nitrogens with zero attached hydrogens (tertiary/aromatic N) is 2. The lowest BCUT2D eigenvalue weighted by Crippen LogP contribution is -2.53. The summed E-state index contributed by atoms with van der Waals surface area (Å²) in [6, 6.07) is 20.6. The second-order valence-corrected chi connectivity index (χ2v) is 12.7. The molecule has 1 atom stereocenters. The Morgan fingerprint density at radius 1 is 0.925 bits per heavy atom. The van der Waals surface area contributed by atoms with Crippen molar-refractivity contribution in [1.82, 2.24) is 10.2 Å². The third kappa shape index (κ3) is 7.36. The summed E-state index contributed by atoms with van der Waals surface area (Å²) in [7, 11) is -4.17. The number of carbonyl (C=O) groups excluding carboxylic acids is 2. The normalized spacial score (nSPS) is 14.8. The maximum atomic E-state index is 14.0. The zero-order chi connectivity index (χ0) is 28.7. The molecule has 7 nitrogen and oxygen atoms in total. The quantitative estimate of drug-likeness (QED) is 0.306. The van der Waals surface area contributed by atoms with Crippen LogP contribution < -0.4 is 9.62 Å². The molecule has 0 radical (unpaired) electrons. The summed E-state index contributed by atoms with van der Waals surface area (Å²) in [5.74, 6) is -0.830. The molecule has 1 aliphatic carbocycles. The summed E-state index contributed by atoms with van der Waals surface area (Å²) in [6.45, 7) is 1.18. The molecule has 1 aliphatic rings. The van der Waals surface area contributed by atoms with Gasteiger partial charge in [0.2, 0.25) is 11.8 Å². The first-order valence-corrected chi connectivity index (χ1v) is 15.5. The average molecular weight is 603 g/mol. The second-order valence-electron chi connectivity index (χ2n) is 9.95. The van der Waals surface area contributed by atoms with E-state index < -0.39 is 28.5 Å². The molecule has 0 bridgehead atoms. The average Bonchev–Trinajstić information content (AvgIpc) is 2.95. The number of carbonyl (C=O) groups is 2. The second kappa shape index (κ2) is 13.5. The molecule has 0 heterocycles. The number of anilines is 1. The molecule has 4 rings (SSSR count). The Hall–Kier alpha value is -3.07. The van der Waals surface area contributed by atoms with Crippen LogP contribution in [-0.4, -0.2) is 43.8 Å². The molecule has 2 amide bonds. The maximum absolute atomic E-state index is 14.0. The first-order chi connectivity index (χ1) is 19.2. The van der Waals surface area contributed by atoms with Gasteiger partial charge in [-0.25, -0.2) is 8.42 Å². The number of rotatable bonds is 10. The van der Waals surface area contributed by atoms with Crippen LogP contribution in [0.25, 0.3) is 0 Å². The lowest BCUT2D eigenvalue weighted by atomic mass is 9.95. The molecule has 0 saturated heterocycles. The van der Waals surface area contributed by atoms with Crippen molar-refractivity contribution < 1.29 is 18.0 Å². The van der Waals surface area contributed by atoms with Crippen LogP contribution >= 0.6 is 23.2 Å². The number of para-hydroxylation sites is 1. The lowest BCUT2D eigenvalue weighted by Gasteiger charge is -2.33. The number of nitrogens with one attached hydrogen (secondary N) is 1. The van der Waals surface area contributed by atoms with E-state index in [1.807, 2.05) is 6.07 Å². The summed E-state index contributed by atoms with van der Waals surface area (Å²) in [6.07, 6.45) is 5.05. The number of benzene rings is 3. The molecule has 212 valence electrons. The van der Waals surface area contributed by atoms with E-state index in [1.165, 1.54) is 17.0 Å². The van der Waals surface area contributed by atoms with Crippen LogP contribution in [0, 0.1) is 0 Å². The summed E-state index contributed by atoms with van der Waals surface area (Å²) in [4.78, 5) is 28.8. The molecule has 0 aliphatic heterocycles. The smallest absolute Gasteiger partial charge is 0.264 e. The molecule has 0 unspecified atom stereocenters. The predicted octanol–water partition coefficient (Wildman–Crippen LogP) is 6.05. The Kier molecular flexibility index (Phi) is 10.1. The van der Waals surface area contributed by atoms with Crippen LogP contribution in [0.3, 0.4) is 0 Å². The number of hydrogen-bond donors (Lipinski definition) is 1. The molecule has 1 fully saturated rings. The summed E-state index contributed by atoms with van der Waals surface area (Å²) in [5, 5.41) is 3.76. The van der Waals surface area contributed by atoms with E-state index in [2.05, 4.69) is 5.32 Å². The molecule has 3 aromatic carbocycles. The Balaban J connectivity index is 1.68. The highest BCUT2D eigenvalue weighted by molar-refractivity contribution is 7.92. The number of sulfonamides is 1. The van der Waals surface area contributed by atoms with Gasteiger partial charge < -0.3 is 10.2 Å². The van der Waals surface area contributed by atoms with Crippen molar-refractivity contribution in [3.63, 3.8) is 0 Å². The monoisotopic (exact) mass is 601 g/mol. The van der Waals surface area contributed by atoms with Crippen LogP contribution in [0.4, 0.5) is 5.69 Å². The van der Waals surface area contributed by atoms with E-state index in [4.69, 9.17) is 23.2 Å². The Morgan fingerprint density at radius 2 is 1.60 bits per heavy atom. The van der Waals surface area contributed by atoms with Gasteiger partial charge in [-0.3, -0.25) is 13.9 Å². The minimum absolute atomic E-state index is 0.0206. The van der Waals surface area contributed by atoms with E-state index in [-0.39, 0.29) is 34.1 Å². The van der Waals surface area contributed by atoms with Crippen LogP contribution in [-0.2, 0) is 26.2 Å². The standard InChI is InChI=1S/C30H33Cl2N3O4S/c1-22(30(37)33-25-13-4-2-5-14-25)34(20-23-11-10-12-24(31)19-23)29(36)21-35(28-18-9-8-17-27(28)32)40(38,39)26-15-6-3-7-16-26/h3,6-12,15-19,22,25H,2,4-5,13-14,20-21H2,1H3,(H,33,37)/t22-/m1/s1. The Bertz CT molecular complexity index is 1430. The topological polar surface area (TPSA) is 86.8 Å². The maximum Gasteiger partial charge on any atom is 0.264 e. The highest BCUT2D eigenvalue weighted by Crippen LogP contribution is 2.31. The highest BCUT2D eigenvalue weighted by Gasteiger charge is 2.33. The van der Waals surface area contributed by atoms with Gasteiger partial charge in [-0.05, 0) is 61.7 Å². The minimum atomic E-state index is -4.17. The van der Waals surface area contributed by atoms with E-state index in [9.17, 15) is 18.0 Å². The third-order valence-corrected chi connectivity index (χ3v) is 9.42. The number of amides is 2. The molecule has 1 N–H and O–H groups in total. The van der Waals surface area contributed by atoms with Gasteiger partial charge in [-0.2, -0.15) is 0 Å². The molecule has 10 heteroatoms. The van der Waals surface area contributed by atoms with Gasteiger partial charge in [0.15, 0.2) is 0 Å². The largest absolute Gasteiger partial charge is 0.352 e. The summed E-state index contributed by atoms with van der Waals surface area (Å²) >= 11 is 12.6. The van der Waals surface area contributed by atoms with Crippen molar-refractivity contribution in [2.75, 3.05) is 10.8 Å². The molecular formula is C30H33Cl2N3O4S. The predicted molar refractivity (Wildman–Crippen MR) is 159 cm³/mol. The Morgan fingerprint density at radius 3 is 2.27 bits per heavy atom. The summed E-state index contributed by atoms with van der Waals surface area (Å²) < 4.78 is 28.6. The van der Waals surface area contributed by atoms with Crippen molar-refractivity contribution in [2.24, 2.45) is 0 Å². The van der Waals surface area contributed by atoms with Crippen LogP contribution in [0.5, 0.6) is 0 Å². The fourth-order valence-electron chi connectivity index (χ4n) is 4.87. The van der Waals surface area contributed by atoms with Crippen molar-refractivity contribution in [3.8, 4) is 0 Å². The van der Waals surface area contributed by atoms with Gasteiger partial charge in [0.1, 0.15) is 12.6 Å². The van der Waals surface area contributed by atoms with E-state index >= 15 is 0 Å². The van der Waals surface area contributed by atoms with Gasteiger partial charge in [-0.15, -0.1) is 0 Å². The molecule has 3 aromatic rings. The van der Waals surface area contributed by atoms with Crippen LogP contribution in [0.2, 0.25) is 10.0 Å². The first-order valence-electron chi connectivity index (χ1n) is 13.3. The molecule has 0 spiro atoms. The van der Waals surface area contributed by atoms with E-state index in [0.29, 0.717) is 10.6 Å². The van der Waals surface area contributed by atoms with Gasteiger partial charge >= 0.3 is 0 Å². The van der Waals surface area contributed by atoms with Gasteiger partial charge in [0.25, 0.3) is 10.0 Å². The SMILES string of the molecule is C[C@H](C(=O)NC1CCCCC1)N(Cc1cccc(Cl)c1)C(=O)CN(c1ccccc1Cl)S(=O)(=O)c1ccccc1. The number of hydrogen-bond acceptors (Lipinski definition) is 4. The molecule has 1 saturated carbocycles. The molecule has 0 aromatic heterocycles. The lowest BCUT2D eigenvalue weighted by molar-refractivity contribution is -0.139. The first kappa shape index (κ1) is 29.9. The fraction of sp³-hybridized carbons (Fsp3) is 0.333. The van der Waals surface area contributed by atoms with E-state index in [0.717, 1.165) is 36.4 Å². The molecule has 40 heavy (non-hydrogen) atoms. The van der Waals surface area contributed by atoms with E-state index in [1.54, 1.807) is 67.6 Å².